The van der Waals surface area contributed by atoms with Crippen LogP contribution in [0.2, 0.25) is 5.02 Å². The topological polar surface area (TPSA) is 35.0 Å². The molecular weight excluding hydrogens is 382 g/mol. The lowest BCUT2D eigenvalue weighted by Crippen LogP contribution is -2.02. The van der Waals surface area contributed by atoms with Crippen LogP contribution in [0.5, 0.6) is 5.75 Å². The third-order valence-corrected chi connectivity index (χ3v) is 4.68. The molecule has 0 saturated heterocycles. The SMILES string of the molecule is FC(F)Oc1cccc(Cc2nc(-c3cccnc3)cc3c(Cl)cccc23)c1. The van der Waals surface area contributed by atoms with Gasteiger partial charge in [-0.3, -0.25) is 9.97 Å². The Labute approximate surface area is 165 Å². The highest BCUT2D eigenvalue weighted by molar-refractivity contribution is 6.35. The first-order valence-electron chi connectivity index (χ1n) is 8.62. The van der Waals surface area contributed by atoms with E-state index in [4.69, 9.17) is 16.6 Å². The van der Waals surface area contributed by atoms with Crippen LogP contribution in [0.4, 0.5) is 8.78 Å². The smallest absolute Gasteiger partial charge is 0.387 e. The molecule has 0 spiro atoms. The predicted octanol–water partition coefficient (Wildman–Crippen LogP) is 6.14. The molecule has 2 heterocycles. The lowest BCUT2D eigenvalue weighted by Gasteiger charge is -2.12. The van der Waals surface area contributed by atoms with Crippen molar-refractivity contribution < 1.29 is 13.5 Å². The molecule has 0 aliphatic carbocycles. The zero-order valence-electron chi connectivity index (χ0n) is 14.6. The van der Waals surface area contributed by atoms with E-state index in [0.29, 0.717) is 11.4 Å². The third kappa shape index (κ3) is 3.94. The maximum atomic E-state index is 12.5. The van der Waals surface area contributed by atoms with Gasteiger partial charge in [-0.15, -0.1) is 0 Å². The number of pyridine rings is 2. The van der Waals surface area contributed by atoms with Crippen molar-refractivity contribution in [1.29, 1.82) is 0 Å². The lowest BCUT2D eigenvalue weighted by atomic mass is 10.0. The molecule has 140 valence electrons. The Morgan fingerprint density at radius 1 is 0.964 bits per heavy atom. The van der Waals surface area contributed by atoms with Gasteiger partial charge in [0.1, 0.15) is 5.75 Å². The molecule has 0 N–H and O–H groups in total. The molecule has 4 aromatic rings. The van der Waals surface area contributed by atoms with Gasteiger partial charge in [0, 0.05) is 40.2 Å². The van der Waals surface area contributed by atoms with E-state index >= 15 is 0 Å². The van der Waals surface area contributed by atoms with Crippen molar-refractivity contribution in [1.82, 2.24) is 9.97 Å². The number of benzene rings is 2. The van der Waals surface area contributed by atoms with Gasteiger partial charge in [-0.25, -0.2) is 0 Å². The molecular formula is C22H15ClF2N2O. The monoisotopic (exact) mass is 396 g/mol. The molecule has 0 aliphatic heterocycles. The van der Waals surface area contributed by atoms with E-state index in [2.05, 4.69) is 9.72 Å². The summed E-state index contributed by atoms with van der Waals surface area (Å²) in [5.41, 5.74) is 3.24. The van der Waals surface area contributed by atoms with Gasteiger partial charge in [-0.05, 0) is 42.0 Å². The summed E-state index contributed by atoms with van der Waals surface area (Å²) in [6.07, 6.45) is 3.89. The number of aromatic nitrogens is 2. The van der Waals surface area contributed by atoms with Crippen molar-refractivity contribution in [3.8, 4) is 17.0 Å². The number of ether oxygens (including phenoxy) is 1. The van der Waals surface area contributed by atoms with E-state index in [1.807, 2.05) is 42.5 Å². The summed E-state index contributed by atoms with van der Waals surface area (Å²) in [5.74, 6) is 0.123. The van der Waals surface area contributed by atoms with Crippen LogP contribution in [0, 0.1) is 0 Å². The second kappa shape index (κ2) is 7.90. The molecule has 0 aliphatic rings. The van der Waals surface area contributed by atoms with Crippen LogP contribution in [0.25, 0.3) is 22.0 Å². The number of alkyl halides is 2. The maximum absolute atomic E-state index is 12.5. The second-order valence-electron chi connectivity index (χ2n) is 6.23. The minimum atomic E-state index is -2.86. The van der Waals surface area contributed by atoms with E-state index < -0.39 is 6.61 Å². The molecule has 0 saturated carbocycles. The minimum Gasteiger partial charge on any atom is -0.435 e. The van der Waals surface area contributed by atoms with Crippen molar-refractivity contribution in [2.45, 2.75) is 13.0 Å². The fraction of sp³-hybridized carbons (Fsp3) is 0.0909. The number of nitrogens with zero attached hydrogens (tertiary/aromatic N) is 2. The first-order chi connectivity index (χ1) is 13.6. The number of fused-ring (bicyclic) bond motifs is 1. The Kier molecular flexibility index (Phi) is 5.17. The van der Waals surface area contributed by atoms with Crippen molar-refractivity contribution in [2.75, 3.05) is 0 Å². The molecule has 0 radical (unpaired) electrons. The van der Waals surface area contributed by atoms with Crippen LogP contribution in [0.3, 0.4) is 0 Å². The highest BCUT2D eigenvalue weighted by atomic mass is 35.5. The van der Waals surface area contributed by atoms with Gasteiger partial charge in [0.15, 0.2) is 0 Å². The van der Waals surface area contributed by atoms with Crippen molar-refractivity contribution in [3.05, 3.63) is 89.3 Å². The zero-order chi connectivity index (χ0) is 19.5. The number of hydrogen-bond acceptors (Lipinski definition) is 3. The fourth-order valence-electron chi connectivity index (χ4n) is 3.13. The average molecular weight is 397 g/mol. The fourth-order valence-corrected chi connectivity index (χ4v) is 3.36. The van der Waals surface area contributed by atoms with Crippen LogP contribution < -0.4 is 4.74 Å². The molecule has 0 amide bonds. The van der Waals surface area contributed by atoms with Gasteiger partial charge in [0.25, 0.3) is 0 Å². The predicted molar refractivity (Wildman–Crippen MR) is 106 cm³/mol. The summed E-state index contributed by atoms with van der Waals surface area (Å²) in [7, 11) is 0. The molecule has 0 fully saturated rings. The molecule has 2 aromatic heterocycles. The number of hydrogen-bond donors (Lipinski definition) is 0. The first kappa shape index (κ1) is 18.3. The highest BCUT2D eigenvalue weighted by Gasteiger charge is 2.12. The number of halogens is 3. The third-order valence-electron chi connectivity index (χ3n) is 4.35. The Hall–Kier alpha value is -3.05. The zero-order valence-corrected chi connectivity index (χ0v) is 15.4. The van der Waals surface area contributed by atoms with E-state index in [1.54, 1.807) is 24.5 Å². The molecule has 3 nitrogen and oxygen atoms in total. The van der Waals surface area contributed by atoms with Gasteiger partial charge in [0.05, 0.1) is 11.4 Å². The average Bonchev–Trinajstić information content (AvgIpc) is 2.69. The molecule has 2 aromatic carbocycles. The van der Waals surface area contributed by atoms with Crippen LogP contribution in [0.15, 0.2) is 73.1 Å². The van der Waals surface area contributed by atoms with E-state index in [-0.39, 0.29) is 5.75 Å². The molecule has 0 unspecified atom stereocenters. The van der Waals surface area contributed by atoms with E-state index in [1.165, 1.54) is 6.07 Å². The Morgan fingerprint density at radius 2 is 1.82 bits per heavy atom. The molecule has 0 atom stereocenters. The quantitative estimate of drug-likeness (QED) is 0.406. The van der Waals surface area contributed by atoms with Crippen molar-refractivity contribution >= 4 is 22.4 Å². The first-order valence-corrected chi connectivity index (χ1v) is 9.00. The minimum absolute atomic E-state index is 0.123. The van der Waals surface area contributed by atoms with Crippen LogP contribution in [-0.4, -0.2) is 16.6 Å². The van der Waals surface area contributed by atoms with Gasteiger partial charge >= 0.3 is 6.61 Å². The van der Waals surface area contributed by atoms with Crippen molar-refractivity contribution in [2.24, 2.45) is 0 Å². The highest BCUT2D eigenvalue weighted by Crippen LogP contribution is 2.31. The standard InChI is InChI=1S/C22H15ClF2N2O/c23-19-8-2-7-17-18(19)12-20(15-5-3-9-26-13-15)27-21(17)11-14-4-1-6-16(10-14)28-22(24)25/h1-10,12-13,22H,11H2. The van der Waals surface area contributed by atoms with Crippen LogP contribution in [-0.2, 0) is 6.42 Å². The Bertz CT molecular complexity index is 1120. The summed E-state index contributed by atoms with van der Waals surface area (Å²) < 4.78 is 29.5. The maximum Gasteiger partial charge on any atom is 0.387 e. The Morgan fingerprint density at radius 3 is 2.61 bits per heavy atom. The second-order valence-corrected chi connectivity index (χ2v) is 6.64. The summed E-state index contributed by atoms with van der Waals surface area (Å²) in [6.45, 7) is -2.86. The van der Waals surface area contributed by atoms with Gasteiger partial charge < -0.3 is 4.74 Å². The van der Waals surface area contributed by atoms with E-state index in [0.717, 1.165) is 33.3 Å². The number of rotatable bonds is 5. The molecule has 0 bridgehead atoms. The van der Waals surface area contributed by atoms with Gasteiger partial charge in [-0.1, -0.05) is 35.9 Å². The summed E-state index contributed by atoms with van der Waals surface area (Å²) in [4.78, 5) is 8.97. The lowest BCUT2D eigenvalue weighted by molar-refractivity contribution is -0.0498. The van der Waals surface area contributed by atoms with Crippen LogP contribution in [0.1, 0.15) is 11.3 Å². The van der Waals surface area contributed by atoms with Crippen molar-refractivity contribution in [3.63, 3.8) is 0 Å². The normalized spacial score (nSPS) is 11.1. The van der Waals surface area contributed by atoms with Gasteiger partial charge in [-0.2, -0.15) is 8.78 Å². The molecule has 4 rings (SSSR count). The summed E-state index contributed by atoms with van der Waals surface area (Å²) in [6, 6.07) is 18.0. The largest absolute Gasteiger partial charge is 0.435 e. The Balaban J connectivity index is 1.81. The summed E-state index contributed by atoms with van der Waals surface area (Å²) in [5, 5.41) is 2.43. The van der Waals surface area contributed by atoms with E-state index in [9.17, 15) is 8.78 Å². The summed E-state index contributed by atoms with van der Waals surface area (Å²) >= 11 is 6.43. The molecule has 6 heteroatoms. The van der Waals surface area contributed by atoms with Gasteiger partial charge in [0.2, 0.25) is 0 Å². The van der Waals surface area contributed by atoms with Crippen LogP contribution >= 0.6 is 11.6 Å². The molecule has 28 heavy (non-hydrogen) atoms.